The molecule has 7 nitrogen and oxygen atoms in total. The highest BCUT2D eigenvalue weighted by atomic mass is 127. The second-order valence-electron chi connectivity index (χ2n) is 4.77. The zero-order valence-corrected chi connectivity index (χ0v) is 20.5. The van der Waals surface area contributed by atoms with Gasteiger partial charge >= 0.3 is 36.6 Å². The topological polar surface area (TPSA) is 118 Å². The van der Waals surface area contributed by atoms with Crippen molar-refractivity contribution in [1.82, 2.24) is 4.72 Å². The molecule has 0 radical (unpaired) electrons. The van der Waals surface area contributed by atoms with E-state index in [0.717, 1.165) is 6.07 Å². The van der Waals surface area contributed by atoms with E-state index in [-0.39, 0.29) is 3.57 Å². The SMILES string of the molecule is O=C(NS(=O)(=O)C(F)(F)C(F)(F)C(F)(F)S(=O)(=O)O)c1cc(I)cc(I)c1I. The van der Waals surface area contributed by atoms with E-state index in [1.165, 1.54) is 28.7 Å². The van der Waals surface area contributed by atoms with Crippen molar-refractivity contribution < 1.29 is 52.5 Å². The summed E-state index contributed by atoms with van der Waals surface area (Å²) in [6, 6.07) is 2.49. The van der Waals surface area contributed by atoms with Gasteiger partial charge < -0.3 is 0 Å². The quantitative estimate of drug-likeness (QED) is 0.198. The van der Waals surface area contributed by atoms with Gasteiger partial charge in [0.1, 0.15) is 0 Å². The third kappa shape index (κ3) is 4.49. The maximum atomic E-state index is 13.7. The summed E-state index contributed by atoms with van der Waals surface area (Å²) >= 11 is 4.87. The summed E-state index contributed by atoms with van der Waals surface area (Å²) in [6.07, 6.45) is 0. The van der Waals surface area contributed by atoms with Gasteiger partial charge in [-0.2, -0.15) is 43.2 Å². The van der Waals surface area contributed by atoms with Crippen LogP contribution in [0.3, 0.4) is 0 Å². The van der Waals surface area contributed by atoms with Crippen molar-refractivity contribution >= 4 is 93.8 Å². The van der Waals surface area contributed by atoms with Crippen molar-refractivity contribution in [2.24, 2.45) is 0 Å². The number of carbonyl (C=O) groups is 1. The zero-order chi connectivity index (χ0) is 22.5. The number of hydrogen-bond acceptors (Lipinski definition) is 5. The number of halogens is 9. The molecule has 2 N–H and O–H groups in total. The van der Waals surface area contributed by atoms with Crippen LogP contribution in [0, 0.1) is 10.7 Å². The van der Waals surface area contributed by atoms with Crippen molar-refractivity contribution in [3.05, 3.63) is 28.4 Å². The van der Waals surface area contributed by atoms with Gasteiger partial charge in [-0.3, -0.25) is 9.35 Å². The highest BCUT2D eigenvalue weighted by Gasteiger charge is 2.82. The van der Waals surface area contributed by atoms with Gasteiger partial charge in [-0.25, -0.2) is 4.72 Å². The van der Waals surface area contributed by atoms with Crippen LogP contribution in [-0.4, -0.2) is 43.7 Å². The fraction of sp³-hybridized carbons (Fsp3) is 0.300. The number of amides is 1. The zero-order valence-electron chi connectivity index (χ0n) is 12.4. The highest BCUT2D eigenvalue weighted by Crippen LogP contribution is 2.50. The molecule has 18 heteroatoms. The van der Waals surface area contributed by atoms with Crippen molar-refractivity contribution in [2.45, 2.75) is 16.4 Å². The van der Waals surface area contributed by atoms with Crippen LogP contribution in [-0.2, 0) is 20.1 Å². The summed E-state index contributed by atoms with van der Waals surface area (Å²) < 4.78 is 134. The van der Waals surface area contributed by atoms with Crippen LogP contribution in [0.5, 0.6) is 0 Å². The summed E-state index contributed by atoms with van der Waals surface area (Å²) in [5, 5.41) is -13.7. The van der Waals surface area contributed by atoms with Gasteiger partial charge in [0.15, 0.2) is 0 Å². The monoisotopic (exact) mass is 793 g/mol. The van der Waals surface area contributed by atoms with E-state index >= 15 is 0 Å². The number of rotatable bonds is 6. The molecule has 160 valence electrons. The second-order valence-corrected chi connectivity index (χ2v) is 11.4. The molecule has 0 heterocycles. The van der Waals surface area contributed by atoms with E-state index in [4.69, 9.17) is 4.55 Å². The lowest BCUT2D eigenvalue weighted by molar-refractivity contribution is -0.245. The van der Waals surface area contributed by atoms with E-state index in [1.807, 2.05) is 0 Å². The van der Waals surface area contributed by atoms with E-state index in [2.05, 4.69) is 0 Å². The van der Waals surface area contributed by atoms with Gasteiger partial charge in [0.25, 0.3) is 5.91 Å². The van der Waals surface area contributed by atoms with Gasteiger partial charge in [-0.05, 0) is 79.9 Å². The van der Waals surface area contributed by atoms with Crippen LogP contribution in [0.1, 0.15) is 10.4 Å². The molecule has 0 spiro atoms. The second kappa shape index (κ2) is 8.11. The molecular formula is C10H4F6I3NO6S2. The molecule has 0 aliphatic carbocycles. The fourth-order valence-electron chi connectivity index (χ4n) is 1.46. The molecule has 0 saturated carbocycles. The molecule has 0 atom stereocenters. The number of nitrogens with one attached hydrogen (secondary N) is 1. The Labute approximate surface area is 194 Å². The summed E-state index contributed by atoms with van der Waals surface area (Å²) in [5.74, 6) is -8.99. The highest BCUT2D eigenvalue weighted by molar-refractivity contribution is 14.1. The molecule has 0 saturated heterocycles. The Bertz CT molecular complexity index is 1030. The molecule has 0 bridgehead atoms. The van der Waals surface area contributed by atoms with Gasteiger partial charge in [-0.15, -0.1) is 0 Å². The molecule has 0 fully saturated rings. The summed E-state index contributed by atoms with van der Waals surface area (Å²) in [7, 11) is -14.0. The predicted molar refractivity (Wildman–Crippen MR) is 107 cm³/mol. The Morgan fingerprint density at radius 3 is 1.82 bits per heavy atom. The van der Waals surface area contributed by atoms with Crippen LogP contribution in [0.25, 0.3) is 0 Å². The van der Waals surface area contributed by atoms with Crippen molar-refractivity contribution in [3.63, 3.8) is 0 Å². The molecule has 0 aliphatic heterocycles. The minimum Gasteiger partial charge on any atom is -0.281 e. The van der Waals surface area contributed by atoms with Gasteiger partial charge in [0.05, 0.1) is 5.56 Å². The third-order valence-corrected chi connectivity index (χ3v) is 8.81. The number of hydrogen-bond donors (Lipinski definition) is 2. The van der Waals surface area contributed by atoms with Crippen molar-refractivity contribution in [1.29, 1.82) is 0 Å². The van der Waals surface area contributed by atoms with Crippen molar-refractivity contribution in [2.75, 3.05) is 0 Å². The molecule has 1 aromatic rings. The molecule has 1 rings (SSSR count). The first-order chi connectivity index (χ1) is 12.2. The normalized spacial score (nSPS) is 14.1. The lowest BCUT2D eigenvalue weighted by atomic mass is 10.2. The molecule has 1 amide bonds. The Balaban J connectivity index is 3.45. The minimum absolute atomic E-state index is 0.0321. The third-order valence-electron chi connectivity index (χ3n) is 2.86. The van der Waals surface area contributed by atoms with Crippen molar-refractivity contribution in [3.8, 4) is 0 Å². The van der Waals surface area contributed by atoms with E-state index in [1.54, 1.807) is 45.2 Å². The Morgan fingerprint density at radius 1 is 0.929 bits per heavy atom. The van der Waals surface area contributed by atoms with Crippen LogP contribution >= 0.6 is 67.8 Å². The van der Waals surface area contributed by atoms with Gasteiger partial charge in [0.2, 0.25) is 0 Å². The van der Waals surface area contributed by atoms with Crippen LogP contribution in [0.2, 0.25) is 0 Å². The molecule has 1 aromatic carbocycles. The van der Waals surface area contributed by atoms with Crippen LogP contribution < -0.4 is 4.72 Å². The number of carbonyl (C=O) groups excluding carboxylic acids is 1. The first kappa shape index (κ1) is 26.4. The number of alkyl halides is 6. The smallest absolute Gasteiger partial charge is 0.281 e. The molecule has 0 unspecified atom stereocenters. The van der Waals surface area contributed by atoms with Crippen LogP contribution in [0.4, 0.5) is 26.3 Å². The minimum atomic E-state index is -7.15. The average molecular weight is 793 g/mol. The molecule has 0 aromatic heterocycles. The largest absolute Gasteiger partial charge is 0.439 e. The molecule has 0 aliphatic rings. The Hall–Kier alpha value is 0.320. The standard InChI is InChI=1S/C10H4F6I3NO6S2/c11-8(12,10(15,16)28(24,25)26)9(13,14)27(22,23)20-7(21)4-1-3(17)2-5(18)6(4)19/h1-2H,(H,20,21)(H,24,25,26). The fourth-order valence-corrected chi connectivity index (χ4v) is 5.33. The maximum absolute atomic E-state index is 13.7. The average Bonchev–Trinajstić information content (AvgIpc) is 2.48. The summed E-state index contributed by atoms with van der Waals surface area (Å²) in [6.45, 7) is 0. The summed E-state index contributed by atoms with van der Waals surface area (Å²) in [4.78, 5) is 12.0. The molecular weight excluding hydrogens is 789 g/mol. The van der Waals surface area contributed by atoms with Crippen LogP contribution in [0.15, 0.2) is 12.1 Å². The van der Waals surface area contributed by atoms with Gasteiger partial charge in [0, 0.05) is 10.7 Å². The predicted octanol–water partition coefficient (Wildman–Crippen LogP) is 3.27. The molecule has 28 heavy (non-hydrogen) atoms. The lowest BCUT2D eigenvalue weighted by Gasteiger charge is -2.30. The Morgan fingerprint density at radius 2 is 1.39 bits per heavy atom. The van der Waals surface area contributed by atoms with Gasteiger partial charge in [-0.1, -0.05) is 0 Å². The first-order valence-corrected chi connectivity index (χ1v) is 12.2. The Kier molecular flexibility index (Phi) is 7.63. The maximum Gasteiger partial charge on any atom is 0.439 e. The van der Waals surface area contributed by atoms with E-state index in [9.17, 15) is 48.0 Å². The summed E-state index contributed by atoms with van der Waals surface area (Å²) in [5.41, 5.74) is -0.555. The number of sulfonamides is 1. The number of benzene rings is 1. The first-order valence-electron chi connectivity index (χ1n) is 6.02. The van der Waals surface area contributed by atoms with E-state index in [0.29, 0.717) is 11.9 Å². The lowest BCUT2D eigenvalue weighted by Crippen LogP contribution is -2.63. The van der Waals surface area contributed by atoms with E-state index < -0.39 is 48.0 Å².